The Morgan fingerprint density at radius 1 is 1.50 bits per heavy atom. The number of benzene rings is 1. The molecule has 0 radical (unpaired) electrons. The van der Waals surface area contributed by atoms with Crippen molar-refractivity contribution in [3.8, 4) is 0 Å². The van der Waals surface area contributed by atoms with Crippen LogP contribution in [0.5, 0.6) is 0 Å². The van der Waals surface area contributed by atoms with Gasteiger partial charge in [-0.2, -0.15) is 0 Å². The second-order valence-electron chi connectivity index (χ2n) is 3.77. The molecule has 0 aliphatic carbocycles. The van der Waals surface area contributed by atoms with E-state index in [0.29, 0.717) is 18.6 Å². The zero-order valence-electron chi connectivity index (χ0n) is 9.29. The second kappa shape index (κ2) is 3.96. The predicted molar refractivity (Wildman–Crippen MR) is 59.5 cm³/mol. The zero-order valence-corrected chi connectivity index (χ0v) is 9.29. The van der Waals surface area contributed by atoms with Crippen LogP contribution < -0.4 is 5.32 Å². The number of hydrogen-bond donors (Lipinski definition) is 1. The molecule has 84 valence electrons. The van der Waals surface area contributed by atoms with Crippen LogP contribution in [0.25, 0.3) is 0 Å². The third-order valence-electron chi connectivity index (χ3n) is 2.57. The maximum absolute atomic E-state index is 11.6. The number of carbonyl (C=O) groups excluding carboxylic acids is 2. The number of carbonyl (C=O) groups is 2. The first kappa shape index (κ1) is 10.7. The van der Waals surface area contributed by atoms with Crippen LogP contribution in [0.15, 0.2) is 12.1 Å². The minimum Gasteiger partial charge on any atom is -0.462 e. The quantitative estimate of drug-likeness (QED) is 0.770. The standard InChI is InChI=1S/C12H13NO3/c1-3-16-12(15)9-6-10-8(4-7(9)2)5-11(14)13-10/h4,6H,3,5H2,1-2H3,(H,13,14). The highest BCUT2D eigenvalue weighted by atomic mass is 16.5. The van der Waals surface area contributed by atoms with E-state index >= 15 is 0 Å². The zero-order chi connectivity index (χ0) is 11.7. The smallest absolute Gasteiger partial charge is 0.338 e. The molecular formula is C12H13NO3. The molecule has 0 aromatic heterocycles. The first-order chi connectivity index (χ1) is 7.61. The van der Waals surface area contributed by atoms with Gasteiger partial charge in [0.05, 0.1) is 18.6 Å². The van der Waals surface area contributed by atoms with Crippen molar-refractivity contribution in [3.63, 3.8) is 0 Å². The van der Waals surface area contributed by atoms with Gasteiger partial charge in [-0.25, -0.2) is 4.79 Å². The van der Waals surface area contributed by atoms with Crippen LogP contribution in [0.2, 0.25) is 0 Å². The van der Waals surface area contributed by atoms with Crippen LogP contribution in [-0.4, -0.2) is 18.5 Å². The van der Waals surface area contributed by atoms with E-state index in [2.05, 4.69) is 5.32 Å². The number of hydrogen-bond acceptors (Lipinski definition) is 3. The molecular weight excluding hydrogens is 206 g/mol. The summed E-state index contributed by atoms with van der Waals surface area (Å²) in [7, 11) is 0. The summed E-state index contributed by atoms with van der Waals surface area (Å²) in [6, 6.07) is 3.55. The fraction of sp³-hybridized carbons (Fsp3) is 0.333. The highest BCUT2D eigenvalue weighted by molar-refractivity contribution is 6.01. The van der Waals surface area contributed by atoms with E-state index in [-0.39, 0.29) is 11.9 Å². The van der Waals surface area contributed by atoms with E-state index in [1.54, 1.807) is 13.0 Å². The van der Waals surface area contributed by atoms with Crippen molar-refractivity contribution in [2.24, 2.45) is 0 Å². The summed E-state index contributed by atoms with van der Waals surface area (Å²) in [5.41, 5.74) is 3.02. The normalized spacial score (nSPS) is 13.2. The Morgan fingerprint density at radius 2 is 2.25 bits per heavy atom. The number of rotatable bonds is 2. The highest BCUT2D eigenvalue weighted by Gasteiger charge is 2.21. The molecule has 0 spiro atoms. The molecule has 4 heteroatoms. The van der Waals surface area contributed by atoms with Gasteiger partial charge in [0.2, 0.25) is 5.91 Å². The lowest BCUT2D eigenvalue weighted by atomic mass is 10.0. The molecule has 0 saturated heterocycles. The summed E-state index contributed by atoms with van der Waals surface area (Å²) >= 11 is 0. The third kappa shape index (κ3) is 1.78. The van der Waals surface area contributed by atoms with Crippen molar-refractivity contribution in [2.45, 2.75) is 20.3 Å². The Hall–Kier alpha value is -1.84. The Morgan fingerprint density at radius 3 is 2.94 bits per heavy atom. The number of ether oxygens (including phenoxy) is 1. The Labute approximate surface area is 93.6 Å². The van der Waals surface area contributed by atoms with Gasteiger partial charge in [0.25, 0.3) is 0 Å². The largest absolute Gasteiger partial charge is 0.462 e. The van der Waals surface area contributed by atoms with Gasteiger partial charge < -0.3 is 10.1 Å². The lowest BCUT2D eigenvalue weighted by Gasteiger charge is -2.07. The molecule has 1 heterocycles. The van der Waals surface area contributed by atoms with Crippen molar-refractivity contribution in [2.75, 3.05) is 11.9 Å². The van der Waals surface area contributed by atoms with E-state index in [4.69, 9.17) is 4.74 Å². The molecule has 0 atom stereocenters. The number of aryl methyl sites for hydroxylation is 1. The fourth-order valence-corrected chi connectivity index (χ4v) is 1.83. The molecule has 1 aromatic carbocycles. The van der Waals surface area contributed by atoms with Gasteiger partial charge in [-0.3, -0.25) is 4.79 Å². The maximum Gasteiger partial charge on any atom is 0.338 e. The fourth-order valence-electron chi connectivity index (χ4n) is 1.83. The Bertz CT molecular complexity index is 466. The Balaban J connectivity index is 2.38. The minimum absolute atomic E-state index is 0.0320. The second-order valence-corrected chi connectivity index (χ2v) is 3.77. The number of esters is 1. The van der Waals surface area contributed by atoms with Gasteiger partial charge in [0, 0.05) is 5.69 Å². The SMILES string of the molecule is CCOC(=O)c1cc2c(cc1C)CC(=O)N2. The molecule has 0 saturated carbocycles. The molecule has 1 aliphatic heterocycles. The molecule has 0 fully saturated rings. The molecule has 1 N–H and O–H groups in total. The van der Waals surface area contributed by atoms with Gasteiger partial charge in [-0.15, -0.1) is 0 Å². The number of anilines is 1. The summed E-state index contributed by atoms with van der Waals surface area (Å²) in [5, 5.41) is 2.72. The minimum atomic E-state index is -0.344. The van der Waals surface area contributed by atoms with E-state index in [9.17, 15) is 9.59 Å². The van der Waals surface area contributed by atoms with Gasteiger partial charge >= 0.3 is 5.97 Å². The first-order valence-corrected chi connectivity index (χ1v) is 5.22. The molecule has 16 heavy (non-hydrogen) atoms. The van der Waals surface area contributed by atoms with Crippen LogP contribution in [0.1, 0.15) is 28.4 Å². The van der Waals surface area contributed by atoms with Gasteiger partial charge in [-0.1, -0.05) is 6.07 Å². The average molecular weight is 219 g/mol. The predicted octanol–water partition coefficient (Wildman–Crippen LogP) is 1.67. The number of fused-ring (bicyclic) bond motifs is 1. The van der Waals surface area contributed by atoms with Crippen molar-refractivity contribution >= 4 is 17.6 Å². The summed E-state index contributed by atoms with van der Waals surface area (Å²) in [6.07, 6.45) is 0.388. The molecule has 1 aromatic rings. The van der Waals surface area contributed by atoms with Crippen LogP contribution in [0.4, 0.5) is 5.69 Å². The van der Waals surface area contributed by atoms with Crippen LogP contribution >= 0.6 is 0 Å². The topological polar surface area (TPSA) is 55.4 Å². The Kier molecular flexibility index (Phi) is 2.64. The van der Waals surface area contributed by atoms with Crippen molar-refractivity contribution < 1.29 is 14.3 Å². The van der Waals surface area contributed by atoms with E-state index in [1.165, 1.54) is 0 Å². The van der Waals surface area contributed by atoms with Crippen molar-refractivity contribution in [1.29, 1.82) is 0 Å². The van der Waals surface area contributed by atoms with E-state index in [0.717, 1.165) is 16.8 Å². The monoisotopic (exact) mass is 219 g/mol. The van der Waals surface area contributed by atoms with Gasteiger partial charge in [0.1, 0.15) is 0 Å². The molecule has 0 bridgehead atoms. The summed E-state index contributed by atoms with van der Waals surface area (Å²) in [6.45, 7) is 3.96. The van der Waals surface area contributed by atoms with Crippen molar-refractivity contribution in [1.82, 2.24) is 0 Å². The van der Waals surface area contributed by atoms with Gasteiger partial charge in [-0.05, 0) is 31.0 Å². The van der Waals surface area contributed by atoms with Crippen LogP contribution in [0, 0.1) is 6.92 Å². The van der Waals surface area contributed by atoms with Crippen LogP contribution in [-0.2, 0) is 16.0 Å². The average Bonchev–Trinajstić information content (AvgIpc) is 2.56. The number of nitrogens with one attached hydrogen (secondary N) is 1. The molecule has 0 unspecified atom stereocenters. The number of amides is 1. The van der Waals surface area contributed by atoms with E-state index < -0.39 is 0 Å². The summed E-state index contributed by atoms with van der Waals surface area (Å²) < 4.78 is 4.94. The van der Waals surface area contributed by atoms with Crippen LogP contribution in [0.3, 0.4) is 0 Å². The lowest BCUT2D eigenvalue weighted by molar-refractivity contribution is -0.115. The molecule has 2 rings (SSSR count). The molecule has 1 amide bonds. The van der Waals surface area contributed by atoms with Gasteiger partial charge in [0.15, 0.2) is 0 Å². The molecule has 1 aliphatic rings. The molecule has 4 nitrogen and oxygen atoms in total. The van der Waals surface area contributed by atoms with Crippen molar-refractivity contribution in [3.05, 3.63) is 28.8 Å². The first-order valence-electron chi connectivity index (χ1n) is 5.22. The van der Waals surface area contributed by atoms with E-state index in [1.807, 2.05) is 13.0 Å². The lowest BCUT2D eigenvalue weighted by Crippen LogP contribution is -2.07. The maximum atomic E-state index is 11.6. The summed E-state index contributed by atoms with van der Waals surface area (Å²) in [4.78, 5) is 22.8. The highest BCUT2D eigenvalue weighted by Crippen LogP contribution is 2.26. The third-order valence-corrected chi connectivity index (χ3v) is 2.57. The summed E-state index contributed by atoms with van der Waals surface area (Å²) in [5.74, 6) is -0.376.